The number of ether oxygens (including phenoxy) is 1. The van der Waals surface area contributed by atoms with Gasteiger partial charge in [0.1, 0.15) is 5.75 Å². The summed E-state index contributed by atoms with van der Waals surface area (Å²) in [6.07, 6.45) is 3.25. The molecule has 0 fully saturated rings. The first-order valence-electron chi connectivity index (χ1n) is 10.4. The van der Waals surface area contributed by atoms with Crippen molar-refractivity contribution in [2.24, 2.45) is 0 Å². The van der Waals surface area contributed by atoms with Gasteiger partial charge in [-0.25, -0.2) is 4.79 Å². The van der Waals surface area contributed by atoms with Gasteiger partial charge >= 0.3 is 5.97 Å². The normalized spacial score (nSPS) is 10.8. The zero-order valence-corrected chi connectivity index (χ0v) is 17.7. The second kappa shape index (κ2) is 9.71. The number of aryl methyl sites for hydroxylation is 1. The molecule has 3 heteroatoms. The molecule has 4 rings (SSSR count). The molecule has 0 unspecified atom stereocenters. The molecule has 0 spiro atoms. The molecule has 0 saturated carbocycles. The molecule has 4 aromatic carbocycles. The summed E-state index contributed by atoms with van der Waals surface area (Å²) in [5.74, 6) is -0.0789. The third-order valence-electron chi connectivity index (χ3n) is 5.06. The zero-order chi connectivity index (χ0) is 22.3. The highest BCUT2D eigenvalue weighted by atomic mass is 16.5. The van der Waals surface area contributed by atoms with Crippen LogP contribution in [0.4, 0.5) is 0 Å². The highest BCUT2D eigenvalue weighted by molar-refractivity contribution is 6.07. The van der Waals surface area contributed by atoms with Crippen molar-refractivity contribution in [1.29, 1.82) is 0 Å². The van der Waals surface area contributed by atoms with Crippen molar-refractivity contribution in [2.75, 3.05) is 0 Å². The second-order valence-corrected chi connectivity index (χ2v) is 7.47. The van der Waals surface area contributed by atoms with Gasteiger partial charge in [-0.15, -0.1) is 0 Å². The maximum atomic E-state index is 12.6. The van der Waals surface area contributed by atoms with Crippen LogP contribution in [0.5, 0.6) is 5.75 Å². The van der Waals surface area contributed by atoms with Gasteiger partial charge in [-0.05, 0) is 54.0 Å². The van der Waals surface area contributed by atoms with Gasteiger partial charge in [-0.3, -0.25) is 4.79 Å². The average molecular weight is 418 g/mol. The lowest BCUT2D eigenvalue weighted by molar-refractivity contribution is 0.0734. The lowest BCUT2D eigenvalue weighted by Gasteiger charge is -2.05. The van der Waals surface area contributed by atoms with Crippen molar-refractivity contribution in [3.05, 3.63) is 131 Å². The molecule has 0 aliphatic rings. The molecular weight excluding hydrogens is 396 g/mol. The third kappa shape index (κ3) is 5.27. The smallest absolute Gasteiger partial charge is 0.343 e. The summed E-state index contributed by atoms with van der Waals surface area (Å²) < 4.78 is 5.47. The summed E-state index contributed by atoms with van der Waals surface area (Å²) in [5.41, 5.74) is 5.13. The predicted octanol–water partition coefficient (Wildman–Crippen LogP) is 6.78. The van der Waals surface area contributed by atoms with Crippen molar-refractivity contribution in [2.45, 2.75) is 6.92 Å². The molecule has 3 nitrogen and oxygen atoms in total. The molecule has 0 aliphatic heterocycles. The lowest BCUT2D eigenvalue weighted by atomic mass is 10.0. The van der Waals surface area contributed by atoms with Crippen molar-refractivity contribution in [1.82, 2.24) is 0 Å². The van der Waals surface area contributed by atoms with E-state index in [2.05, 4.69) is 0 Å². The minimum atomic E-state index is -0.416. The monoisotopic (exact) mass is 418 g/mol. The summed E-state index contributed by atoms with van der Waals surface area (Å²) in [4.78, 5) is 24.9. The molecule has 0 aliphatic carbocycles. The van der Waals surface area contributed by atoms with Crippen LogP contribution in [0.1, 0.15) is 31.8 Å². The summed E-state index contributed by atoms with van der Waals surface area (Å²) in [7, 11) is 0. The molecule has 156 valence electrons. The van der Waals surface area contributed by atoms with Crippen molar-refractivity contribution < 1.29 is 14.3 Å². The number of esters is 1. The van der Waals surface area contributed by atoms with Gasteiger partial charge in [0.15, 0.2) is 5.78 Å². The number of carbonyl (C=O) groups is 2. The topological polar surface area (TPSA) is 43.4 Å². The van der Waals surface area contributed by atoms with Gasteiger partial charge < -0.3 is 4.74 Å². The van der Waals surface area contributed by atoms with E-state index >= 15 is 0 Å². The van der Waals surface area contributed by atoms with Crippen LogP contribution in [0, 0.1) is 6.92 Å². The Bertz CT molecular complexity index is 1250. The van der Waals surface area contributed by atoms with Crippen LogP contribution >= 0.6 is 0 Å². The minimum absolute atomic E-state index is 0.0911. The molecule has 0 saturated heterocycles. The average Bonchev–Trinajstić information content (AvgIpc) is 2.84. The maximum absolute atomic E-state index is 12.6. The molecule has 0 bridgehead atoms. The number of rotatable bonds is 6. The van der Waals surface area contributed by atoms with Gasteiger partial charge in [-0.1, -0.05) is 90.5 Å². The molecule has 0 amide bonds. The Kier molecular flexibility index (Phi) is 6.38. The molecule has 0 N–H and O–H groups in total. The van der Waals surface area contributed by atoms with Crippen LogP contribution in [-0.2, 0) is 0 Å². The quantitative estimate of drug-likeness (QED) is 0.150. The molecule has 4 aromatic rings. The van der Waals surface area contributed by atoms with Gasteiger partial charge in [0.2, 0.25) is 0 Å². The standard InChI is InChI=1S/C29H22O3/c1-21-10-13-26(14-11-21)29(31)32-27-9-5-6-22(20-27)12-19-28(30)25-17-15-24(16-18-25)23-7-3-2-4-8-23/h2-20H,1H3. The molecule has 0 aromatic heterocycles. The Morgan fingerprint density at radius 1 is 0.688 bits per heavy atom. The van der Waals surface area contributed by atoms with E-state index in [1.54, 1.807) is 36.4 Å². The fourth-order valence-corrected chi connectivity index (χ4v) is 3.26. The van der Waals surface area contributed by atoms with E-state index in [0.29, 0.717) is 16.9 Å². The van der Waals surface area contributed by atoms with Crippen LogP contribution in [0.2, 0.25) is 0 Å². The molecule has 0 radical (unpaired) electrons. The van der Waals surface area contributed by atoms with Gasteiger partial charge in [0.05, 0.1) is 5.56 Å². The van der Waals surface area contributed by atoms with Crippen LogP contribution in [-0.4, -0.2) is 11.8 Å². The van der Waals surface area contributed by atoms with Crippen LogP contribution in [0.15, 0.2) is 109 Å². The molecule has 32 heavy (non-hydrogen) atoms. The Labute approximate surface area is 187 Å². The number of ketones is 1. The van der Waals surface area contributed by atoms with E-state index in [4.69, 9.17) is 4.74 Å². The Balaban J connectivity index is 1.42. The number of hydrogen-bond donors (Lipinski definition) is 0. The number of hydrogen-bond acceptors (Lipinski definition) is 3. The SMILES string of the molecule is Cc1ccc(C(=O)Oc2cccc(C=CC(=O)c3ccc(-c4ccccc4)cc3)c2)cc1. The Hall–Kier alpha value is -4.24. The molecule has 0 heterocycles. The number of carbonyl (C=O) groups excluding carboxylic acids is 2. The number of benzene rings is 4. The van der Waals surface area contributed by atoms with Gasteiger partial charge in [-0.2, -0.15) is 0 Å². The Morgan fingerprint density at radius 2 is 1.34 bits per heavy atom. The first-order valence-corrected chi connectivity index (χ1v) is 10.4. The van der Waals surface area contributed by atoms with Crippen LogP contribution in [0.25, 0.3) is 17.2 Å². The van der Waals surface area contributed by atoms with Gasteiger partial charge in [0.25, 0.3) is 0 Å². The predicted molar refractivity (Wildman–Crippen MR) is 128 cm³/mol. The first kappa shape index (κ1) is 21.0. The van der Waals surface area contributed by atoms with E-state index < -0.39 is 5.97 Å². The summed E-state index contributed by atoms with van der Waals surface area (Å²) in [6.45, 7) is 1.96. The molecular formula is C29H22O3. The second-order valence-electron chi connectivity index (χ2n) is 7.47. The zero-order valence-electron chi connectivity index (χ0n) is 17.7. The van der Waals surface area contributed by atoms with Crippen molar-refractivity contribution in [3.8, 4) is 16.9 Å². The summed E-state index contributed by atoms with van der Waals surface area (Å²) >= 11 is 0. The van der Waals surface area contributed by atoms with E-state index in [1.165, 1.54) is 6.08 Å². The maximum Gasteiger partial charge on any atom is 0.343 e. The summed E-state index contributed by atoms with van der Waals surface area (Å²) in [6, 6.07) is 31.9. The van der Waals surface area contributed by atoms with E-state index in [0.717, 1.165) is 22.3 Å². The number of allylic oxidation sites excluding steroid dienone is 1. The highest BCUT2D eigenvalue weighted by Crippen LogP contribution is 2.20. The fourth-order valence-electron chi connectivity index (χ4n) is 3.26. The van der Waals surface area contributed by atoms with E-state index in [-0.39, 0.29) is 5.78 Å². The van der Waals surface area contributed by atoms with Crippen LogP contribution in [0.3, 0.4) is 0 Å². The van der Waals surface area contributed by atoms with E-state index in [9.17, 15) is 9.59 Å². The molecule has 0 atom stereocenters. The fraction of sp³-hybridized carbons (Fsp3) is 0.0345. The largest absolute Gasteiger partial charge is 0.423 e. The lowest BCUT2D eigenvalue weighted by Crippen LogP contribution is -2.08. The van der Waals surface area contributed by atoms with Gasteiger partial charge in [0, 0.05) is 5.56 Å². The minimum Gasteiger partial charge on any atom is -0.423 e. The van der Waals surface area contributed by atoms with Crippen molar-refractivity contribution >= 4 is 17.8 Å². The van der Waals surface area contributed by atoms with E-state index in [1.807, 2.05) is 79.7 Å². The van der Waals surface area contributed by atoms with Crippen LogP contribution < -0.4 is 4.74 Å². The third-order valence-corrected chi connectivity index (χ3v) is 5.06. The summed E-state index contributed by atoms with van der Waals surface area (Å²) in [5, 5.41) is 0. The highest BCUT2D eigenvalue weighted by Gasteiger charge is 2.08. The van der Waals surface area contributed by atoms with Crippen molar-refractivity contribution in [3.63, 3.8) is 0 Å². The Morgan fingerprint density at radius 3 is 2.06 bits per heavy atom. The first-order chi connectivity index (χ1) is 15.6.